The normalized spacial score (nSPS) is 23.8. The number of rotatable bonds is 3. The summed E-state index contributed by atoms with van der Waals surface area (Å²) in [5.74, 6) is 1.46. The molecular formula is C21H30N2O4. The van der Waals surface area contributed by atoms with Crippen LogP contribution in [0.5, 0.6) is 11.5 Å². The third-order valence-corrected chi connectivity index (χ3v) is 5.89. The Hall–Kier alpha value is -1.79. The van der Waals surface area contributed by atoms with E-state index in [0.717, 1.165) is 56.8 Å². The molecule has 3 heterocycles. The SMILES string of the molecule is CC1(C)CC2(CCN(CC(=O)Nc3ccc4c(c3)OCCCO4)CC2)CO1. The fraction of sp³-hybridized carbons (Fsp3) is 0.667. The first-order valence-electron chi connectivity index (χ1n) is 9.99. The summed E-state index contributed by atoms with van der Waals surface area (Å²) in [4.78, 5) is 14.7. The minimum atomic E-state index is -0.00331. The van der Waals surface area contributed by atoms with Crippen LogP contribution in [-0.2, 0) is 9.53 Å². The minimum Gasteiger partial charge on any atom is -0.490 e. The third-order valence-electron chi connectivity index (χ3n) is 5.89. The molecule has 148 valence electrons. The summed E-state index contributed by atoms with van der Waals surface area (Å²) in [5.41, 5.74) is 1.06. The standard InChI is InChI=1S/C21H30N2O4/c1-20(2)14-21(15-27-20)6-8-23(9-7-21)13-19(24)22-16-4-5-17-18(12-16)26-11-3-10-25-17/h4-5,12H,3,6-11,13-15H2,1-2H3,(H,22,24). The van der Waals surface area contributed by atoms with Gasteiger partial charge in [-0.1, -0.05) is 0 Å². The number of carbonyl (C=O) groups excluding carboxylic acids is 1. The number of hydrogen-bond acceptors (Lipinski definition) is 5. The molecule has 3 aliphatic heterocycles. The van der Waals surface area contributed by atoms with E-state index >= 15 is 0 Å². The fourth-order valence-electron chi connectivity index (χ4n) is 4.50. The van der Waals surface area contributed by atoms with E-state index in [0.29, 0.717) is 30.9 Å². The van der Waals surface area contributed by atoms with Gasteiger partial charge >= 0.3 is 0 Å². The molecule has 0 atom stereocenters. The number of carbonyl (C=O) groups is 1. The molecule has 6 heteroatoms. The quantitative estimate of drug-likeness (QED) is 0.881. The van der Waals surface area contributed by atoms with Gasteiger partial charge in [-0.05, 0) is 63.7 Å². The maximum atomic E-state index is 12.5. The molecule has 2 fully saturated rings. The zero-order chi connectivity index (χ0) is 18.9. The average Bonchev–Trinajstić information content (AvgIpc) is 2.80. The van der Waals surface area contributed by atoms with E-state index < -0.39 is 0 Å². The summed E-state index contributed by atoms with van der Waals surface area (Å²) < 4.78 is 17.3. The number of nitrogens with zero attached hydrogens (tertiary/aromatic N) is 1. The van der Waals surface area contributed by atoms with Crippen molar-refractivity contribution >= 4 is 11.6 Å². The number of nitrogens with one attached hydrogen (secondary N) is 1. The van der Waals surface area contributed by atoms with E-state index in [9.17, 15) is 4.79 Å². The Balaban J connectivity index is 1.29. The number of ether oxygens (including phenoxy) is 3. The zero-order valence-electron chi connectivity index (χ0n) is 16.4. The molecule has 4 rings (SSSR count). The highest BCUT2D eigenvalue weighted by Crippen LogP contribution is 2.46. The second-order valence-corrected chi connectivity index (χ2v) is 8.76. The number of hydrogen-bond donors (Lipinski definition) is 1. The number of benzene rings is 1. The lowest BCUT2D eigenvalue weighted by Crippen LogP contribution is -2.44. The monoisotopic (exact) mass is 374 g/mol. The molecule has 0 unspecified atom stereocenters. The van der Waals surface area contributed by atoms with Gasteiger partial charge in [0.2, 0.25) is 5.91 Å². The van der Waals surface area contributed by atoms with E-state index in [4.69, 9.17) is 14.2 Å². The molecule has 0 bridgehead atoms. The van der Waals surface area contributed by atoms with Crippen LogP contribution in [0.2, 0.25) is 0 Å². The molecule has 0 radical (unpaired) electrons. The van der Waals surface area contributed by atoms with Crippen molar-refractivity contribution in [3.63, 3.8) is 0 Å². The molecule has 1 aromatic carbocycles. The van der Waals surface area contributed by atoms with Crippen molar-refractivity contribution < 1.29 is 19.0 Å². The van der Waals surface area contributed by atoms with Crippen molar-refractivity contribution in [3.8, 4) is 11.5 Å². The third kappa shape index (κ3) is 4.38. The van der Waals surface area contributed by atoms with E-state index in [1.165, 1.54) is 0 Å². The summed E-state index contributed by atoms with van der Waals surface area (Å²) in [6, 6.07) is 5.58. The van der Waals surface area contributed by atoms with Gasteiger partial charge in [0.15, 0.2) is 11.5 Å². The van der Waals surface area contributed by atoms with Gasteiger partial charge in [-0.15, -0.1) is 0 Å². The topological polar surface area (TPSA) is 60.0 Å². The Labute approximate surface area is 161 Å². The Morgan fingerprint density at radius 1 is 1.15 bits per heavy atom. The molecule has 1 aromatic rings. The van der Waals surface area contributed by atoms with Gasteiger partial charge in [-0.25, -0.2) is 0 Å². The van der Waals surface area contributed by atoms with Gasteiger partial charge in [0.1, 0.15) is 0 Å². The summed E-state index contributed by atoms with van der Waals surface area (Å²) in [5, 5.41) is 2.99. The van der Waals surface area contributed by atoms with Crippen LogP contribution in [0.3, 0.4) is 0 Å². The Bertz CT molecular complexity index is 695. The van der Waals surface area contributed by atoms with Crippen molar-refractivity contribution in [2.75, 3.05) is 44.8 Å². The van der Waals surface area contributed by atoms with Crippen molar-refractivity contribution in [3.05, 3.63) is 18.2 Å². The van der Waals surface area contributed by atoms with Gasteiger partial charge in [0, 0.05) is 18.2 Å². The predicted molar refractivity (Wildman–Crippen MR) is 103 cm³/mol. The lowest BCUT2D eigenvalue weighted by molar-refractivity contribution is -0.117. The van der Waals surface area contributed by atoms with Gasteiger partial charge in [-0.2, -0.15) is 0 Å². The van der Waals surface area contributed by atoms with Crippen LogP contribution in [0.1, 0.15) is 39.5 Å². The zero-order valence-corrected chi connectivity index (χ0v) is 16.4. The maximum Gasteiger partial charge on any atom is 0.238 e. The van der Waals surface area contributed by atoms with Crippen molar-refractivity contribution in [2.24, 2.45) is 5.41 Å². The van der Waals surface area contributed by atoms with Crippen LogP contribution in [0.15, 0.2) is 18.2 Å². The molecule has 2 saturated heterocycles. The van der Waals surface area contributed by atoms with Crippen molar-refractivity contribution in [1.82, 2.24) is 4.90 Å². The molecule has 0 aromatic heterocycles. The molecule has 1 amide bonds. The fourth-order valence-corrected chi connectivity index (χ4v) is 4.50. The Kier molecular flexibility index (Phi) is 5.03. The first kappa shape index (κ1) is 18.6. The molecule has 3 aliphatic rings. The summed E-state index contributed by atoms with van der Waals surface area (Å²) in [7, 11) is 0. The maximum absolute atomic E-state index is 12.5. The highest BCUT2D eigenvalue weighted by atomic mass is 16.5. The number of fused-ring (bicyclic) bond motifs is 1. The Morgan fingerprint density at radius 2 is 1.89 bits per heavy atom. The first-order valence-corrected chi connectivity index (χ1v) is 9.99. The van der Waals surface area contributed by atoms with E-state index in [-0.39, 0.29) is 11.5 Å². The first-order chi connectivity index (χ1) is 12.9. The number of anilines is 1. The van der Waals surface area contributed by atoms with Crippen LogP contribution in [-0.4, -0.2) is 55.9 Å². The van der Waals surface area contributed by atoms with Crippen LogP contribution in [0.25, 0.3) is 0 Å². The molecule has 0 saturated carbocycles. The van der Waals surface area contributed by atoms with Gasteiger partial charge in [-0.3, -0.25) is 9.69 Å². The van der Waals surface area contributed by atoms with Gasteiger partial charge < -0.3 is 19.5 Å². The summed E-state index contributed by atoms with van der Waals surface area (Å²) in [6.45, 7) is 8.85. The second kappa shape index (κ2) is 7.32. The minimum absolute atomic E-state index is 0.00331. The number of amides is 1. The lowest BCUT2D eigenvalue weighted by Gasteiger charge is -2.38. The molecule has 0 aliphatic carbocycles. The lowest BCUT2D eigenvalue weighted by atomic mass is 9.74. The summed E-state index contributed by atoms with van der Waals surface area (Å²) in [6.07, 6.45) is 4.20. The highest BCUT2D eigenvalue weighted by molar-refractivity contribution is 5.92. The highest BCUT2D eigenvalue weighted by Gasteiger charge is 2.45. The smallest absolute Gasteiger partial charge is 0.238 e. The van der Waals surface area contributed by atoms with Crippen LogP contribution in [0.4, 0.5) is 5.69 Å². The predicted octanol–water partition coefficient (Wildman–Crippen LogP) is 3.07. The van der Waals surface area contributed by atoms with Crippen LogP contribution in [0, 0.1) is 5.41 Å². The number of piperidine rings is 1. The van der Waals surface area contributed by atoms with E-state index in [1.54, 1.807) is 0 Å². The molecule has 1 N–H and O–H groups in total. The van der Waals surface area contributed by atoms with Crippen LogP contribution < -0.4 is 14.8 Å². The van der Waals surface area contributed by atoms with E-state index in [1.807, 2.05) is 18.2 Å². The molecular weight excluding hydrogens is 344 g/mol. The average molecular weight is 374 g/mol. The Morgan fingerprint density at radius 3 is 2.59 bits per heavy atom. The number of likely N-dealkylation sites (tertiary alicyclic amines) is 1. The molecule has 27 heavy (non-hydrogen) atoms. The van der Waals surface area contributed by atoms with Gasteiger partial charge in [0.05, 0.1) is 32.0 Å². The summed E-state index contributed by atoms with van der Waals surface area (Å²) >= 11 is 0. The van der Waals surface area contributed by atoms with Gasteiger partial charge in [0.25, 0.3) is 0 Å². The van der Waals surface area contributed by atoms with Crippen molar-refractivity contribution in [1.29, 1.82) is 0 Å². The molecule has 1 spiro atoms. The largest absolute Gasteiger partial charge is 0.490 e. The van der Waals surface area contributed by atoms with E-state index in [2.05, 4.69) is 24.1 Å². The van der Waals surface area contributed by atoms with Crippen molar-refractivity contribution in [2.45, 2.75) is 45.1 Å². The van der Waals surface area contributed by atoms with Crippen LogP contribution >= 0.6 is 0 Å². The second-order valence-electron chi connectivity index (χ2n) is 8.76. The molecule has 6 nitrogen and oxygen atoms in total.